The van der Waals surface area contributed by atoms with E-state index in [2.05, 4.69) is 108 Å². The molecule has 2 amide bonds. The third-order valence-corrected chi connectivity index (χ3v) is 11.5. The molecule has 0 radical (unpaired) electrons. The molecule has 1 fully saturated rings. The Bertz CT molecular complexity index is 1590. The van der Waals surface area contributed by atoms with Crippen molar-refractivity contribution in [3.8, 4) is 0 Å². The average molecular weight is 702 g/mol. The number of carbonyl (C=O) groups excluding carboxylic acids is 2. The van der Waals surface area contributed by atoms with E-state index < -0.39 is 0 Å². The first-order chi connectivity index (χ1) is 23.8. The van der Waals surface area contributed by atoms with Crippen LogP contribution in [0.3, 0.4) is 0 Å². The zero-order valence-corrected chi connectivity index (χ0v) is 31.2. The minimum atomic E-state index is -0.0870. The number of amides is 2. The lowest BCUT2D eigenvalue weighted by Crippen LogP contribution is -2.26. The summed E-state index contributed by atoms with van der Waals surface area (Å²) in [6.07, 6.45) is 7.64. The zero-order valence-electron chi connectivity index (χ0n) is 29.6. The van der Waals surface area contributed by atoms with Crippen LogP contribution in [0, 0.1) is 5.92 Å². The minimum Gasteiger partial charge on any atom is -0.372 e. The molecule has 3 unspecified atom stereocenters. The fraction of sp³-hybridized carbons (Fsp3) is 0.500. The van der Waals surface area contributed by atoms with Crippen LogP contribution >= 0.6 is 23.1 Å². The second kappa shape index (κ2) is 17.8. The molecule has 1 aliphatic carbocycles. The van der Waals surface area contributed by atoms with Crippen LogP contribution in [0.1, 0.15) is 88.8 Å². The molecular weight excluding hydrogens is 651 g/mol. The number of aromatic nitrogens is 2. The molecule has 3 atom stereocenters. The molecule has 9 nitrogen and oxygen atoms in total. The van der Waals surface area contributed by atoms with Gasteiger partial charge in [-0.15, -0.1) is 10.2 Å². The van der Waals surface area contributed by atoms with Crippen molar-refractivity contribution in [2.45, 2.75) is 91.5 Å². The van der Waals surface area contributed by atoms with Gasteiger partial charge in [-0.25, -0.2) is 0 Å². The maximum Gasteiger partial charge on any atom is 0.230 e. The van der Waals surface area contributed by atoms with E-state index in [-0.39, 0.29) is 23.8 Å². The van der Waals surface area contributed by atoms with Crippen LogP contribution in [0.15, 0.2) is 64.6 Å². The van der Waals surface area contributed by atoms with Gasteiger partial charge in [-0.05, 0) is 95.7 Å². The van der Waals surface area contributed by atoms with E-state index in [0.717, 1.165) is 84.5 Å². The van der Waals surface area contributed by atoms with Gasteiger partial charge in [-0.1, -0.05) is 59.9 Å². The summed E-state index contributed by atoms with van der Waals surface area (Å²) in [5.74, 6) is 0.456. The van der Waals surface area contributed by atoms with Crippen LogP contribution in [0.4, 0.5) is 16.5 Å². The quantitative estimate of drug-likeness (QED) is 0.177. The fourth-order valence-corrected chi connectivity index (χ4v) is 8.71. The fourth-order valence-electron chi connectivity index (χ4n) is 6.62. The molecular formula is C38H51N7O2S2. The number of benzene rings is 2. The Morgan fingerprint density at radius 2 is 1.33 bits per heavy atom. The third kappa shape index (κ3) is 10.2. The average Bonchev–Trinajstić information content (AvgIpc) is 3.49. The molecule has 2 aliphatic rings. The Labute approximate surface area is 300 Å². The summed E-state index contributed by atoms with van der Waals surface area (Å²) in [6, 6.07) is 16.7. The molecule has 0 spiro atoms. The lowest BCUT2D eigenvalue weighted by atomic mass is 9.82. The van der Waals surface area contributed by atoms with Gasteiger partial charge in [0.05, 0.1) is 29.0 Å². The topological polar surface area (TPSA) is 103 Å². The number of nitrogens with zero attached hydrogens (tertiary/aromatic N) is 5. The third-order valence-electron chi connectivity index (χ3n) is 9.39. The molecule has 262 valence electrons. The molecule has 11 heteroatoms. The molecule has 2 aromatic carbocycles. The molecule has 49 heavy (non-hydrogen) atoms. The molecule has 2 N–H and O–H groups in total. The Morgan fingerprint density at radius 1 is 0.776 bits per heavy atom. The summed E-state index contributed by atoms with van der Waals surface area (Å²) in [6.45, 7) is 14.5. The molecule has 1 aromatic heterocycles. The standard InChI is InChI=1S/C38H51N7O2S2/c1-6-44(7-2)31-18-14-27(15-19-31)23-33(46)40-35-22-13-26(5)39-36(48-35)29-11-10-12-30(25-29)37-42-43-38(49-37)41-34(47)24-28-16-20-32(21-17-28)45(8-3)9-4/h14-22,26,29-30H,6-13,23-25H2,1-5H3,(H,40,46)(H,41,43,47). The SMILES string of the molecule is CCN(CC)c1ccc(CC(=O)NC2=CCC(C)N=C(C3CCCC(c4nnc(NC(=O)Cc5ccc(N(CC)CC)cc5)s4)C3)S2)cc1. The van der Waals surface area contributed by atoms with Crippen LogP contribution in [-0.2, 0) is 22.4 Å². The van der Waals surface area contributed by atoms with E-state index in [1.807, 2.05) is 12.1 Å². The monoisotopic (exact) mass is 701 g/mol. The van der Waals surface area contributed by atoms with Crippen LogP contribution in [-0.4, -0.2) is 59.3 Å². The first-order valence-electron chi connectivity index (χ1n) is 17.8. The van der Waals surface area contributed by atoms with Crippen molar-refractivity contribution in [3.05, 3.63) is 75.8 Å². The van der Waals surface area contributed by atoms with Gasteiger partial charge in [0, 0.05) is 49.4 Å². The van der Waals surface area contributed by atoms with Gasteiger partial charge in [0.2, 0.25) is 16.9 Å². The van der Waals surface area contributed by atoms with E-state index in [1.165, 1.54) is 22.7 Å². The Morgan fingerprint density at radius 3 is 1.90 bits per heavy atom. The highest BCUT2D eigenvalue weighted by Crippen LogP contribution is 2.42. The highest BCUT2D eigenvalue weighted by molar-refractivity contribution is 8.17. The van der Waals surface area contributed by atoms with Gasteiger partial charge in [0.15, 0.2) is 0 Å². The first kappa shape index (κ1) is 36.6. The normalized spacial score (nSPS) is 19.3. The number of hydrogen-bond donors (Lipinski definition) is 2. The van der Waals surface area contributed by atoms with Crippen molar-refractivity contribution in [1.29, 1.82) is 0 Å². The van der Waals surface area contributed by atoms with Crippen LogP contribution in [0.5, 0.6) is 0 Å². The van der Waals surface area contributed by atoms with E-state index >= 15 is 0 Å². The summed E-state index contributed by atoms with van der Waals surface area (Å²) < 4.78 is 0. The zero-order chi connectivity index (χ0) is 34.8. The highest BCUT2D eigenvalue weighted by atomic mass is 32.2. The van der Waals surface area contributed by atoms with Crippen molar-refractivity contribution in [2.75, 3.05) is 41.3 Å². The van der Waals surface area contributed by atoms with Crippen molar-refractivity contribution >= 4 is 56.5 Å². The first-order valence-corrected chi connectivity index (χ1v) is 19.5. The molecule has 1 aliphatic heterocycles. The predicted molar refractivity (Wildman–Crippen MR) is 206 cm³/mol. The van der Waals surface area contributed by atoms with Gasteiger partial charge in [0.1, 0.15) is 5.01 Å². The van der Waals surface area contributed by atoms with Crippen LogP contribution in [0.25, 0.3) is 0 Å². The summed E-state index contributed by atoms with van der Waals surface area (Å²) >= 11 is 3.09. The molecule has 2 heterocycles. The number of carbonyl (C=O) groups is 2. The smallest absolute Gasteiger partial charge is 0.230 e. The molecule has 5 rings (SSSR count). The van der Waals surface area contributed by atoms with Crippen molar-refractivity contribution in [3.63, 3.8) is 0 Å². The minimum absolute atomic E-state index is 0.00940. The van der Waals surface area contributed by atoms with E-state index in [1.54, 1.807) is 11.8 Å². The summed E-state index contributed by atoms with van der Waals surface area (Å²) in [4.78, 5) is 35.6. The van der Waals surface area contributed by atoms with Crippen molar-refractivity contribution < 1.29 is 9.59 Å². The van der Waals surface area contributed by atoms with Crippen LogP contribution < -0.4 is 20.4 Å². The number of thioether (sulfide) groups is 1. The van der Waals surface area contributed by atoms with Crippen molar-refractivity contribution in [2.24, 2.45) is 10.9 Å². The summed E-state index contributed by atoms with van der Waals surface area (Å²) in [5, 5.41) is 18.5. The number of anilines is 3. The lowest BCUT2D eigenvalue weighted by Gasteiger charge is -2.28. The molecule has 0 bridgehead atoms. The molecule has 3 aromatic rings. The highest BCUT2D eigenvalue weighted by Gasteiger charge is 2.31. The predicted octanol–water partition coefficient (Wildman–Crippen LogP) is 7.81. The largest absolute Gasteiger partial charge is 0.372 e. The maximum atomic E-state index is 13.1. The van der Waals surface area contributed by atoms with Gasteiger partial charge in [-0.2, -0.15) is 0 Å². The Kier molecular flexibility index (Phi) is 13.3. The van der Waals surface area contributed by atoms with E-state index in [0.29, 0.717) is 23.9 Å². The maximum absolute atomic E-state index is 13.1. The second-order valence-corrected chi connectivity index (χ2v) is 14.9. The van der Waals surface area contributed by atoms with Crippen molar-refractivity contribution in [1.82, 2.24) is 15.5 Å². The number of hydrogen-bond acceptors (Lipinski definition) is 9. The Hall–Kier alpha value is -3.70. The second-order valence-electron chi connectivity index (χ2n) is 12.9. The van der Waals surface area contributed by atoms with E-state index in [9.17, 15) is 9.59 Å². The van der Waals surface area contributed by atoms with Crippen LogP contribution in [0.2, 0.25) is 0 Å². The number of aliphatic imine (C=N–C) groups is 1. The molecule has 1 saturated carbocycles. The van der Waals surface area contributed by atoms with Gasteiger partial charge in [0.25, 0.3) is 0 Å². The summed E-state index contributed by atoms with van der Waals surface area (Å²) in [7, 11) is 0. The number of rotatable bonds is 14. The molecule has 0 saturated heterocycles. The number of nitrogens with one attached hydrogen (secondary N) is 2. The lowest BCUT2D eigenvalue weighted by molar-refractivity contribution is -0.119. The van der Waals surface area contributed by atoms with Gasteiger partial charge < -0.3 is 20.4 Å². The summed E-state index contributed by atoms with van der Waals surface area (Å²) in [5.41, 5.74) is 4.32. The Balaban J connectivity index is 1.14. The van der Waals surface area contributed by atoms with Gasteiger partial charge >= 0.3 is 0 Å². The van der Waals surface area contributed by atoms with Gasteiger partial charge in [-0.3, -0.25) is 14.6 Å². The van der Waals surface area contributed by atoms with E-state index in [4.69, 9.17) is 4.99 Å².